The molecule has 0 aliphatic heterocycles. The summed E-state index contributed by atoms with van der Waals surface area (Å²) in [6.07, 6.45) is 7.63. The van der Waals surface area contributed by atoms with Crippen molar-refractivity contribution in [3.63, 3.8) is 0 Å². The summed E-state index contributed by atoms with van der Waals surface area (Å²) in [5.74, 6) is -0.296. The Morgan fingerprint density at radius 2 is 1.57 bits per heavy atom. The Morgan fingerprint density at radius 3 is 2.05 bits per heavy atom. The van der Waals surface area contributed by atoms with Crippen LogP contribution in [0.4, 0.5) is 0 Å². The van der Waals surface area contributed by atoms with E-state index in [0.717, 1.165) is 11.1 Å². The van der Waals surface area contributed by atoms with Crippen LogP contribution in [0.15, 0.2) is 48.8 Å². The first-order chi connectivity index (χ1) is 10.0. The Bertz CT molecular complexity index is 625. The second-order valence-electron chi connectivity index (χ2n) is 5.35. The second-order valence-corrected chi connectivity index (χ2v) is 5.35. The molecule has 1 heterocycles. The molecule has 0 radical (unpaired) electrons. The highest BCUT2D eigenvalue weighted by Gasteiger charge is 2.05. The van der Waals surface area contributed by atoms with Crippen LogP contribution in [-0.4, -0.2) is 11.1 Å². The summed E-state index contributed by atoms with van der Waals surface area (Å²) in [5, 5.41) is 8.71. The lowest BCUT2D eigenvalue weighted by atomic mass is 10.0. The number of aromatic nitrogens is 1. The van der Waals surface area contributed by atoms with Gasteiger partial charge in [0.05, 0.1) is 0 Å². The third-order valence-corrected chi connectivity index (χ3v) is 3.31. The molecule has 0 fully saturated rings. The number of carboxylic acid groups (broad SMARTS) is 1. The summed E-state index contributed by atoms with van der Waals surface area (Å²) in [7, 11) is 0. The first-order valence-electron chi connectivity index (χ1n) is 7.03. The zero-order valence-corrected chi connectivity index (χ0v) is 12.4. The van der Waals surface area contributed by atoms with Gasteiger partial charge in [0.15, 0.2) is 12.4 Å². The first kappa shape index (κ1) is 15.0. The van der Waals surface area contributed by atoms with Gasteiger partial charge in [-0.25, -0.2) is 4.79 Å². The molecule has 3 nitrogen and oxygen atoms in total. The fourth-order valence-corrected chi connectivity index (χ4v) is 2.03. The molecular formula is C18H20NO2+. The second kappa shape index (κ2) is 6.84. The fraction of sp³-hybridized carbons (Fsp3) is 0.222. The minimum absolute atomic E-state index is 0.0132. The molecule has 21 heavy (non-hydrogen) atoms. The predicted octanol–water partition coefficient (Wildman–Crippen LogP) is 3.35. The molecule has 2 aromatic rings. The van der Waals surface area contributed by atoms with E-state index in [1.807, 2.05) is 18.2 Å². The first-order valence-corrected chi connectivity index (χ1v) is 7.03. The standard InChI is InChI=1S/C18H19NO2/c1-14(2)17-7-5-15(6-8-17)3-4-16-9-11-19(12-10-16)13-18(20)21/h3-12,14H,13H2,1-2H3/p+1/b4-3-. The number of benzene rings is 1. The Kier molecular flexibility index (Phi) is 4.88. The third-order valence-electron chi connectivity index (χ3n) is 3.31. The van der Waals surface area contributed by atoms with Crippen molar-refractivity contribution >= 4 is 18.1 Å². The van der Waals surface area contributed by atoms with Gasteiger partial charge in [0.2, 0.25) is 6.54 Å². The summed E-state index contributed by atoms with van der Waals surface area (Å²) in [6, 6.07) is 12.3. The number of carboxylic acids is 1. The van der Waals surface area contributed by atoms with Crippen LogP contribution in [0.3, 0.4) is 0 Å². The van der Waals surface area contributed by atoms with Gasteiger partial charge in [-0.2, -0.15) is 4.57 Å². The van der Waals surface area contributed by atoms with Gasteiger partial charge >= 0.3 is 5.97 Å². The number of hydrogen-bond donors (Lipinski definition) is 1. The highest BCUT2D eigenvalue weighted by atomic mass is 16.4. The van der Waals surface area contributed by atoms with Gasteiger partial charge in [0.1, 0.15) is 0 Å². The lowest BCUT2D eigenvalue weighted by Crippen LogP contribution is -2.36. The van der Waals surface area contributed by atoms with Gasteiger partial charge in [-0.1, -0.05) is 50.3 Å². The van der Waals surface area contributed by atoms with Crippen molar-refractivity contribution in [2.45, 2.75) is 26.3 Å². The SMILES string of the molecule is CC(C)c1ccc(/C=C\c2cc[n+](CC(=O)O)cc2)cc1. The monoisotopic (exact) mass is 282 g/mol. The molecule has 0 saturated heterocycles. The van der Waals surface area contributed by atoms with Crippen LogP contribution in [-0.2, 0) is 11.3 Å². The van der Waals surface area contributed by atoms with Crippen molar-refractivity contribution in [3.05, 3.63) is 65.5 Å². The molecule has 1 aromatic heterocycles. The van der Waals surface area contributed by atoms with Gasteiger partial charge in [0, 0.05) is 12.1 Å². The van der Waals surface area contributed by atoms with E-state index < -0.39 is 5.97 Å². The maximum absolute atomic E-state index is 10.6. The van der Waals surface area contributed by atoms with Crippen molar-refractivity contribution in [2.75, 3.05) is 0 Å². The molecule has 0 atom stereocenters. The van der Waals surface area contributed by atoms with Crippen LogP contribution in [0.1, 0.15) is 36.5 Å². The number of pyridine rings is 1. The van der Waals surface area contributed by atoms with Gasteiger partial charge in [-0.05, 0) is 22.6 Å². The zero-order chi connectivity index (χ0) is 15.2. The Labute approximate surface area is 125 Å². The molecule has 1 N–H and O–H groups in total. The highest BCUT2D eigenvalue weighted by molar-refractivity contribution is 5.69. The summed E-state index contributed by atoms with van der Waals surface area (Å²) in [4.78, 5) is 10.6. The van der Waals surface area contributed by atoms with Gasteiger partial charge in [0.25, 0.3) is 0 Å². The van der Waals surface area contributed by atoms with Gasteiger partial charge in [-0.15, -0.1) is 0 Å². The highest BCUT2D eigenvalue weighted by Crippen LogP contribution is 2.16. The van der Waals surface area contributed by atoms with Crippen LogP contribution in [0.25, 0.3) is 12.2 Å². The number of aliphatic carboxylic acids is 1. The quantitative estimate of drug-likeness (QED) is 0.854. The normalized spacial score (nSPS) is 11.2. The molecule has 1 aromatic carbocycles. The largest absolute Gasteiger partial charge is 0.477 e. The fourth-order valence-electron chi connectivity index (χ4n) is 2.03. The van der Waals surface area contributed by atoms with Crippen LogP contribution in [0, 0.1) is 0 Å². The molecule has 0 saturated carbocycles. The van der Waals surface area contributed by atoms with E-state index in [4.69, 9.17) is 5.11 Å². The van der Waals surface area contributed by atoms with Crippen molar-refractivity contribution in [1.82, 2.24) is 0 Å². The van der Waals surface area contributed by atoms with Crippen molar-refractivity contribution in [2.24, 2.45) is 0 Å². The van der Waals surface area contributed by atoms with Crippen LogP contribution in [0.5, 0.6) is 0 Å². The van der Waals surface area contributed by atoms with E-state index in [2.05, 4.69) is 44.2 Å². The number of rotatable bonds is 5. The molecule has 0 spiro atoms. The van der Waals surface area contributed by atoms with Crippen LogP contribution < -0.4 is 4.57 Å². The van der Waals surface area contributed by atoms with E-state index in [1.165, 1.54) is 5.56 Å². The van der Waals surface area contributed by atoms with Gasteiger partial charge in [-0.3, -0.25) is 0 Å². The summed E-state index contributed by atoms with van der Waals surface area (Å²) in [6.45, 7) is 4.35. The van der Waals surface area contributed by atoms with E-state index in [1.54, 1.807) is 17.0 Å². The Morgan fingerprint density at radius 1 is 1.05 bits per heavy atom. The number of hydrogen-bond acceptors (Lipinski definition) is 1. The Balaban J connectivity index is 2.05. The lowest BCUT2D eigenvalue weighted by Gasteiger charge is -2.04. The number of carbonyl (C=O) groups is 1. The van der Waals surface area contributed by atoms with E-state index in [-0.39, 0.29) is 6.54 Å². The predicted molar refractivity (Wildman–Crippen MR) is 83.7 cm³/mol. The van der Waals surface area contributed by atoms with E-state index in [9.17, 15) is 4.79 Å². The summed E-state index contributed by atoms with van der Waals surface area (Å²) in [5.41, 5.74) is 3.54. The molecule has 0 aliphatic rings. The van der Waals surface area contributed by atoms with Crippen molar-refractivity contribution in [3.8, 4) is 0 Å². The molecule has 0 unspecified atom stereocenters. The topological polar surface area (TPSA) is 41.2 Å². The molecule has 0 bridgehead atoms. The average Bonchev–Trinajstić information content (AvgIpc) is 2.46. The maximum Gasteiger partial charge on any atom is 0.370 e. The molecule has 0 aliphatic carbocycles. The van der Waals surface area contributed by atoms with Crippen molar-refractivity contribution in [1.29, 1.82) is 0 Å². The number of nitrogens with zero attached hydrogens (tertiary/aromatic N) is 1. The van der Waals surface area contributed by atoms with Crippen molar-refractivity contribution < 1.29 is 14.5 Å². The minimum Gasteiger partial charge on any atom is -0.477 e. The molecule has 108 valence electrons. The minimum atomic E-state index is -0.839. The Hall–Kier alpha value is -2.42. The van der Waals surface area contributed by atoms with E-state index >= 15 is 0 Å². The van der Waals surface area contributed by atoms with Crippen LogP contribution in [0.2, 0.25) is 0 Å². The maximum atomic E-state index is 10.6. The molecule has 2 rings (SSSR count). The lowest BCUT2D eigenvalue weighted by molar-refractivity contribution is -0.685. The van der Waals surface area contributed by atoms with Gasteiger partial charge < -0.3 is 5.11 Å². The molecule has 3 heteroatoms. The summed E-state index contributed by atoms with van der Waals surface area (Å²) < 4.78 is 1.64. The van der Waals surface area contributed by atoms with Crippen LogP contribution >= 0.6 is 0 Å². The van der Waals surface area contributed by atoms with E-state index in [0.29, 0.717) is 5.92 Å². The zero-order valence-electron chi connectivity index (χ0n) is 12.4. The third kappa shape index (κ3) is 4.56. The molecule has 0 amide bonds. The smallest absolute Gasteiger partial charge is 0.370 e. The summed E-state index contributed by atoms with van der Waals surface area (Å²) >= 11 is 0. The molecular weight excluding hydrogens is 262 g/mol. The average molecular weight is 282 g/mol.